The molecule has 148 valence electrons. The van der Waals surface area contributed by atoms with Gasteiger partial charge in [-0.25, -0.2) is 9.36 Å². The Morgan fingerprint density at radius 3 is 2.73 bits per heavy atom. The summed E-state index contributed by atoms with van der Waals surface area (Å²) in [5, 5.41) is 10.4. The minimum atomic E-state index is -4.76. The number of hydrogen-bond acceptors (Lipinski definition) is 9. The number of phosphoric ester groups is 1. The molecule has 1 saturated heterocycles. The van der Waals surface area contributed by atoms with Crippen LogP contribution in [0.15, 0.2) is 11.0 Å². The van der Waals surface area contributed by atoms with Gasteiger partial charge in [0.2, 0.25) is 0 Å². The number of nitrogens with zero attached hydrogens (tertiary/aromatic N) is 2. The zero-order valence-electron chi connectivity index (χ0n) is 14.2. The fourth-order valence-corrected chi connectivity index (χ4v) is 2.80. The molecule has 0 amide bonds. The van der Waals surface area contributed by atoms with Crippen molar-refractivity contribution < 1.29 is 38.2 Å². The molecule has 1 aromatic rings. The Labute approximate surface area is 148 Å². The maximum absolute atomic E-state index is 12.2. The number of aryl methyl sites for hydroxylation is 1. The Morgan fingerprint density at radius 1 is 1.42 bits per heavy atom. The lowest BCUT2D eigenvalue weighted by atomic mass is 10.1. The lowest BCUT2D eigenvalue weighted by Gasteiger charge is -2.22. The summed E-state index contributed by atoms with van der Waals surface area (Å²) in [5.41, 5.74) is 5.39. The first-order chi connectivity index (χ1) is 12.1. The van der Waals surface area contributed by atoms with E-state index in [2.05, 4.69) is 9.51 Å². The third kappa shape index (κ3) is 5.09. The van der Waals surface area contributed by atoms with E-state index in [1.54, 1.807) is 6.92 Å². The van der Waals surface area contributed by atoms with Crippen LogP contribution in [0.5, 0.6) is 0 Å². The molecule has 0 radical (unpaired) electrons. The number of ether oxygens (including phenoxy) is 3. The normalized spacial score (nSPS) is 26.3. The van der Waals surface area contributed by atoms with Crippen LogP contribution in [0.4, 0.5) is 5.82 Å². The summed E-state index contributed by atoms with van der Waals surface area (Å²) < 4.78 is 32.4. The number of rotatable bonds is 8. The van der Waals surface area contributed by atoms with E-state index in [9.17, 15) is 14.5 Å². The molecule has 26 heavy (non-hydrogen) atoms. The van der Waals surface area contributed by atoms with Crippen molar-refractivity contribution in [2.75, 3.05) is 32.7 Å². The third-order valence-corrected chi connectivity index (χ3v) is 4.25. The summed E-state index contributed by atoms with van der Waals surface area (Å²) in [6, 6.07) is 0. The molecule has 12 nitrogen and oxygen atoms in total. The van der Waals surface area contributed by atoms with E-state index in [4.69, 9.17) is 29.7 Å². The first kappa shape index (κ1) is 20.9. The van der Waals surface area contributed by atoms with Crippen LogP contribution in [0.3, 0.4) is 0 Å². The lowest BCUT2D eigenvalue weighted by Crippen LogP contribution is -2.39. The molecular weight excluding hydrogens is 373 g/mol. The van der Waals surface area contributed by atoms with Crippen LogP contribution >= 0.6 is 7.82 Å². The quantitative estimate of drug-likeness (QED) is 0.299. The first-order valence-electron chi connectivity index (χ1n) is 7.63. The lowest BCUT2D eigenvalue weighted by molar-refractivity contribution is -0.0817. The first-order valence-corrected chi connectivity index (χ1v) is 9.16. The minimum Gasteiger partial charge on any atom is -0.387 e. The van der Waals surface area contributed by atoms with Gasteiger partial charge in [0.05, 0.1) is 19.8 Å². The molecule has 5 N–H and O–H groups in total. The van der Waals surface area contributed by atoms with Gasteiger partial charge >= 0.3 is 13.5 Å². The maximum Gasteiger partial charge on any atom is 0.469 e. The molecule has 0 aromatic carbocycles. The minimum absolute atomic E-state index is 0.0584. The van der Waals surface area contributed by atoms with Crippen molar-refractivity contribution in [3.05, 3.63) is 22.2 Å². The molecule has 1 aliphatic heterocycles. The standard InChI is InChI=1S/C13H22N3O9P/c1-7-5-16(13(18)15-11(7)14)12-10(23-4-3-22-2)9(17)8(25-12)6-24-26(19,20)21/h5,8-10,12,17H,3-4,6H2,1-2H3,(H2,14,15,18)(H2,19,20,21). The van der Waals surface area contributed by atoms with Gasteiger partial charge in [-0.05, 0) is 6.92 Å². The second kappa shape index (κ2) is 8.55. The van der Waals surface area contributed by atoms with Gasteiger partial charge in [-0.15, -0.1) is 0 Å². The fourth-order valence-electron chi connectivity index (χ4n) is 2.46. The predicted octanol–water partition coefficient (Wildman–Crippen LogP) is -1.47. The van der Waals surface area contributed by atoms with E-state index in [1.165, 1.54) is 13.3 Å². The van der Waals surface area contributed by atoms with Crippen molar-refractivity contribution >= 4 is 13.6 Å². The summed E-state index contributed by atoms with van der Waals surface area (Å²) >= 11 is 0. The molecule has 0 aliphatic carbocycles. The number of aromatic nitrogens is 2. The summed E-state index contributed by atoms with van der Waals surface area (Å²) in [5.74, 6) is 0.0584. The fraction of sp³-hybridized carbons (Fsp3) is 0.692. The number of nitrogens with two attached hydrogens (primary N) is 1. The number of hydrogen-bond donors (Lipinski definition) is 4. The van der Waals surface area contributed by atoms with E-state index in [1.807, 2.05) is 0 Å². The summed E-state index contributed by atoms with van der Waals surface area (Å²) in [7, 11) is -3.29. The molecule has 2 heterocycles. The highest BCUT2D eigenvalue weighted by Crippen LogP contribution is 2.38. The highest BCUT2D eigenvalue weighted by molar-refractivity contribution is 7.46. The van der Waals surface area contributed by atoms with Crippen molar-refractivity contribution in [1.82, 2.24) is 9.55 Å². The van der Waals surface area contributed by atoms with E-state index in [-0.39, 0.29) is 19.0 Å². The average molecular weight is 395 g/mol. The molecule has 13 heteroatoms. The Morgan fingerprint density at radius 2 is 2.12 bits per heavy atom. The number of aliphatic hydroxyl groups excluding tert-OH is 1. The molecule has 2 rings (SSSR count). The van der Waals surface area contributed by atoms with Gasteiger partial charge in [0.1, 0.15) is 24.1 Å². The zero-order valence-corrected chi connectivity index (χ0v) is 15.1. The van der Waals surface area contributed by atoms with Gasteiger partial charge in [-0.1, -0.05) is 0 Å². The SMILES string of the molecule is COCCOC1C(O)C(COP(=O)(O)O)OC1n1cc(C)c(N)nc1=O. The van der Waals surface area contributed by atoms with Crippen molar-refractivity contribution in [3.8, 4) is 0 Å². The molecule has 1 aromatic heterocycles. The van der Waals surface area contributed by atoms with Gasteiger partial charge in [-0.2, -0.15) is 4.98 Å². The number of methoxy groups -OCH3 is 1. The van der Waals surface area contributed by atoms with Gasteiger partial charge in [0.25, 0.3) is 0 Å². The van der Waals surface area contributed by atoms with Gasteiger partial charge in [0.15, 0.2) is 6.23 Å². The number of anilines is 1. The molecule has 1 fully saturated rings. The zero-order chi connectivity index (χ0) is 19.5. The highest BCUT2D eigenvalue weighted by atomic mass is 31.2. The van der Waals surface area contributed by atoms with Gasteiger partial charge in [0, 0.05) is 18.9 Å². The Hall–Kier alpha value is -1.37. The van der Waals surface area contributed by atoms with Crippen LogP contribution in [-0.2, 0) is 23.3 Å². The summed E-state index contributed by atoms with van der Waals surface area (Å²) in [4.78, 5) is 33.5. The molecule has 0 bridgehead atoms. The van der Waals surface area contributed by atoms with Crippen LogP contribution in [-0.4, -0.2) is 69.7 Å². The van der Waals surface area contributed by atoms with E-state index in [0.29, 0.717) is 5.56 Å². The molecule has 0 saturated carbocycles. The highest BCUT2D eigenvalue weighted by Gasteiger charge is 2.46. The maximum atomic E-state index is 12.2. The smallest absolute Gasteiger partial charge is 0.387 e. The van der Waals surface area contributed by atoms with Crippen LogP contribution < -0.4 is 11.4 Å². The topological polar surface area (TPSA) is 176 Å². The Balaban J connectivity index is 2.27. The van der Waals surface area contributed by atoms with Crippen molar-refractivity contribution in [3.63, 3.8) is 0 Å². The molecular formula is C13H22N3O9P. The van der Waals surface area contributed by atoms with Crippen molar-refractivity contribution in [1.29, 1.82) is 0 Å². The molecule has 0 spiro atoms. The monoisotopic (exact) mass is 395 g/mol. The van der Waals surface area contributed by atoms with Crippen LogP contribution in [0.1, 0.15) is 11.8 Å². The average Bonchev–Trinajstić information content (AvgIpc) is 2.85. The second-order valence-electron chi connectivity index (χ2n) is 5.67. The molecule has 1 aliphatic rings. The third-order valence-electron chi connectivity index (χ3n) is 3.77. The van der Waals surface area contributed by atoms with E-state index < -0.39 is 44.7 Å². The van der Waals surface area contributed by atoms with Crippen LogP contribution in [0.25, 0.3) is 0 Å². The van der Waals surface area contributed by atoms with Crippen molar-refractivity contribution in [2.45, 2.75) is 31.5 Å². The Kier molecular flexibility index (Phi) is 6.88. The number of aliphatic hydroxyl groups is 1. The predicted molar refractivity (Wildman–Crippen MR) is 87.2 cm³/mol. The van der Waals surface area contributed by atoms with Gasteiger partial charge in [-0.3, -0.25) is 9.09 Å². The van der Waals surface area contributed by atoms with Crippen LogP contribution in [0, 0.1) is 6.92 Å². The van der Waals surface area contributed by atoms with E-state index in [0.717, 1.165) is 4.57 Å². The molecule has 4 unspecified atom stereocenters. The number of phosphoric acid groups is 1. The summed E-state index contributed by atoms with van der Waals surface area (Å²) in [6.45, 7) is 1.37. The van der Waals surface area contributed by atoms with E-state index >= 15 is 0 Å². The summed E-state index contributed by atoms with van der Waals surface area (Å²) in [6.07, 6.45) is -3.15. The largest absolute Gasteiger partial charge is 0.469 e. The van der Waals surface area contributed by atoms with Crippen LogP contribution in [0.2, 0.25) is 0 Å². The number of nitrogen functional groups attached to an aromatic ring is 1. The van der Waals surface area contributed by atoms with Crippen molar-refractivity contribution in [2.24, 2.45) is 0 Å². The molecule has 4 atom stereocenters. The second-order valence-corrected chi connectivity index (χ2v) is 6.91. The Bertz CT molecular complexity index is 721. The van der Waals surface area contributed by atoms with Gasteiger partial charge < -0.3 is 34.8 Å².